The van der Waals surface area contributed by atoms with Crippen molar-refractivity contribution in [3.63, 3.8) is 0 Å². The van der Waals surface area contributed by atoms with Crippen LogP contribution >= 0.6 is 38.5 Å². The van der Waals surface area contributed by atoms with E-state index in [1.165, 1.54) is 0 Å². The van der Waals surface area contributed by atoms with Gasteiger partial charge in [0.15, 0.2) is 0 Å². The van der Waals surface area contributed by atoms with Gasteiger partial charge in [-0.1, -0.05) is 33.6 Å². The number of aromatic nitrogens is 2. The minimum atomic E-state index is -0.222. The van der Waals surface area contributed by atoms with Crippen molar-refractivity contribution >= 4 is 72.7 Å². The van der Waals surface area contributed by atoms with Gasteiger partial charge in [0.05, 0.1) is 22.2 Å². The molecule has 0 saturated carbocycles. The highest BCUT2D eigenvalue weighted by Gasteiger charge is 2.25. The van der Waals surface area contributed by atoms with Crippen LogP contribution in [0.2, 0.25) is 0 Å². The lowest BCUT2D eigenvalue weighted by atomic mass is 10.1. The SMILES string of the molecule is Cc1ccc(-n2c(/C=C3/C(=O)Nc4ccc(Br)cc43)nc3ccc(I)cc3c2=O)cc1. The molecule has 1 aromatic heterocycles. The summed E-state index contributed by atoms with van der Waals surface area (Å²) in [5.74, 6) is 0.182. The molecular weight excluding hydrogens is 569 g/mol. The maximum atomic E-state index is 13.5. The first-order valence-corrected chi connectivity index (χ1v) is 11.4. The summed E-state index contributed by atoms with van der Waals surface area (Å²) in [6.45, 7) is 1.99. The van der Waals surface area contributed by atoms with Gasteiger partial charge in [-0.3, -0.25) is 14.2 Å². The van der Waals surface area contributed by atoms with Gasteiger partial charge in [-0.05, 0) is 84.1 Å². The molecule has 0 unspecified atom stereocenters. The number of aryl methyl sites for hydroxylation is 1. The average molecular weight is 584 g/mol. The smallest absolute Gasteiger partial charge is 0.266 e. The molecule has 31 heavy (non-hydrogen) atoms. The molecule has 2 heterocycles. The molecule has 3 aromatic carbocycles. The summed E-state index contributed by atoms with van der Waals surface area (Å²) < 4.78 is 3.39. The van der Waals surface area contributed by atoms with Gasteiger partial charge in [0.2, 0.25) is 0 Å². The van der Waals surface area contributed by atoms with E-state index in [4.69, 9.17) is 4.98 Å². The molecule has 0 spiro atoms. The Hall–Kier alpha value is -2.78. The first-order chi connectivity index (χ1) is 14.9. The number of hydrogen-bond donors (Lipinski definition) is 1. The lowest BCUT2D eigenvalue weighted by molar-refractivity contribution is -0.110. The van der Waals surface area contributed by atoms with Crippen LogP contribution in [0, 0.1) is 10.5 Å². The first kappa shape index (κ1) is 20.1. The highest BCUT2D eigenvalue weighted by Crippen LogP contribution is 2.35. The summed E-state index contributed by atoms with van der Waals surface area (Å²) in [5, 5.41) is 3.41. The highest BCUT2D eigenvalue weighted by molar-refractivity contribution is 14.1. The third kappa shape index (κ3) is 3.61. The van der Waals surface area contributed by atoms with E-state index in [1.807, 2.05) is 67.6 Å². The van der Waals surface area contributed by atoms with Crippen molar-refractivity contribution < 1.29 is 4.79 Å². The third-order valence-electron chi connectivity index (χ3n) is 5.19. The summed E-state index contributed by atoms with van der Waals surface area (Å²) in [5.41, 5.74) is 4.18. The van der Waals surface area contributed by atoms with Gasteiger partial charge in [-0.15, -0.1) is 0 Å². The van der Waals surface area contributed by atoms with Crippen LogP contribution in [-0.2, 0) is 4.79 Å². The molecule has 7 heteroatoms. The zero-order valence-corrected chi connectivity index (χ0v) is 20.1. The standard InChI is InChI=1S/C24H15BrIN3O2/c1-13-2-6-16(7-3-13)29-22(27-21-9-5-15(26)11-19(21)24(29)31)12-18-17-10-14(25)4-8-20(17)28-23(18)30/h2-12H,1H3,(H,28,30)/b18-12+. The van der Waals surface area contributed by atoms with E-state index >= 15 is 0 Å². The van der Waals surface area contributed by atoms with Crippen LogP contribution in [0.5, 0.6) is 0 Å². The Morgan fingerprint density at radius 2 is 1.81 bits per heavy atom. The maximum absolute atomic E-state index is 13.5. The van der Waals surface area contributed by atoms with Crippen molar-refractivity contribution in [2.45, 2.75) is 6.92 Å². The number of fused-ring (bicyclic) bond motifs is 2. The number of rotatable bonds is 2. The van der Waals surface area contributed by atoms with Crippen LogP contribution in [0.3, 0.4) is 0 Å². The third-order valence-corrected chi connectivity index (χ3v) is 6.35. The fraction of sp³-hybridized carbons (Fsp3) is 0.0417. The van der Waals surface area contributed by atoms with Crippen molar-refractivity contribution in [1.29, 1.82) is 0 Å². The van der Waals surface area contributed by atoms with E-state index in [0.29, 0.717) is 28.0 Å². The van der Waals surface area contributed by atoms with Crippen LogP contribution in [0.4, 0.5) is 5.69 Å². The molecule has 5 rings (SSSR count). The van der Waals surface area contributed by atoms with Crippen molar-refractivity contribution in [1.82, 2.24) is 9.55 Å². The topological polar surface area (TPSA) is 64.0 Å². The fourth-order valence-electron chi connectivity index (χ4n) is 3.65. The Labute approximate surface area is 200 Å². The summed E-state index contributed by atoms with van der Waals surface area (Å²) in [6, 6.07) is 18.9. The van der Waals surface area contributed by atoms with Gasteiger partial charge in [0, 0.05) is 19.3 Å². The Balaban J connectivity index is 1.82. The highest BCUT2D eigenvalue weighted by atomic mass is 127. The summed E-state index contributed by atoms with van der Waals surface area (Å²) in [4.78, 5) is 31.0. The summed E-state index contributed by atoms with van der Waals surface area (Å²) in [6.07, 6.45) is 1.69. The Kier molecular flexibility index (Phi) is 5.02. The van der Waals surface area contributed by atoms with E-state index in [0.717, 1.165) is 24.9 Å². The minimum absolute atomic E-state index is 0.174. The number of anilines is 1. The molecule has 1 amide bonds. The number of amides is 1. The quantitative estimate of drug-likeness (QED) is 0.248. The van der Waals surface area contributed by atoms with Crippen molar-refractivity contribution in [3.05, 3.63) is 96.0 Å². The molecule has 0 bridgehead atoms. The van der Waals surface area contributed by atoms with E-state index in [9.17, 15) is 9.59 Å². The second-order valence-corrected chi connectivity index (χ2v) is 9.47. The van der Waals surface area contributed by atoms with Crippen LogP contribution in [-0.4, -0.2) is 15.5 Å². The van der Waals surface area contributed by atoms with Gasteiger partial charge < -0.3 is 5.32 Å². The molecule has 4 aromatic rings. The fourth-order valence-corrected chi connectivity index (χ4v) is 4.50. The van der Waals surface area contributed by atoms with Gasteiger partial charge in [-0.2, -0.15) is 0 Å². The zero-order valence-electron chi connectivity index (χ0n) is 16.3. The number of hydrogen-bond acceptors (Lipinski definition) is 3. The lowest BCUT2D eigenvalue weighted by Gasteiger charge is -2.12. The summed E-state index contributed by atoms with van der Waals surface area (Å²) in [7, 11) is 0. The van der Waals surface area contributed by atoms with E-state index in [1.54, 1.807) is 10.6 Å². The molecule has 1 N–H and O–H groups in total. The monoisotopic (exact) mass is 583 g/mol. The first-order valence-electron chi connectivity index (χ1n) is 9.53. The average Bonchev–Trinajstić information content (AvgIpc) is 3.04. The Morgan fingerprint density at radius 1 is 1.03 bits per heavy atom. The summed E-state index contributed by atoms with van der Waals surface area (Å²) >= 11 is 5.65. The molecule has 0 radical (unpaired) electrons. The number of carbonyl (C=O) groups excluding carboxylic acids is 1. The zero-order chi connectivity index (χ0) is 21.7. The van der Waals surface area contributed by atoms with Gasteiger partial charge in [-0.25, -0.2) is 4.98 Å². The Morgan fingerprint density at radius 3 is 2.58 bits per heavy atom. The number of benzene rings is 3. The molecule has 1 aliphatic heterocycles. The second kappa shape index (κ2) is 7.72. The molecule has 152 valence electrons. The second-order valence-electron chi connectivity index (χ2n) is 7.31. The van der Waals surface area contributed by atoms with Crippen molar-refractivity contribution in [2.24, 2.45) is 0 Å². The predicted molar refractivity (Wildman–Crippen MR) is 135 cm³/mol. The van der Waals surface area contributed by atoms with Crippen LogP contribution in [0.15, 0.2) is 69.9 Å². The number of carbonyl (C=O) groups is 1. The lowest BCUT2D eigenvalue weighted by Crippen LogP contribution is -2.22. The number of nitrogens with zero attached hydrogens (tertiary/aromatic N) is 2. The molecule has 0 saturated heterocycles. The minimum Gasteiger partial charge on any atom is -0.321 e. The molecule has 0 fully saturated rings. The maximum Gasteiger partial charge on any atom is 0.266 e. The van der Waals surface area contributed by atoms with Crippen LogP contribution in [0.1, 0.15) is 17.0 Å². The van der Waals surface area contributed by atoms with Crippen molar-refractivity contribution in [3.8, 4) is 5.69 Å². The van der Waals surface area contributed by atoms with Crippen LogP contribution < -0.4 is 10.9 Å². The Bertz CT molecular complexity index is 1470. The molecule has 5 nitrogen and oxygen atoms in total. The van der Waals surface area contributed by atoms with E-state index in [2.05, 4.69) is 43.8 Å². The van der Waals surface area contributed by atoms with Crippen LogP contribution in [0.25, 0.3) is 28.2 Å². The van der Waals surface area contributed by atoms with Gasteiger partial charge >= 0.3 is 0 Å². The molecule has 0 aliphatic carbocycles. The van der Waals surface area contributed by atoms with Gasteiger partial charge in [0.1, 0.15) is 5.82 Å². The molecular formula is C24H15BrIN3O2. The predicted octanol–water partition coefficient (Wildman–Crippen LogP) is 5.55. The van der Waals surface area contributed by atoms with Gasteiger partial charge in [0.25, 0.3) is 11.5 Å². The van der Waals surface area contributed by atoms with Crippen molar-refractivity contribution in [2.75, 3.05) is 5.32 Å². The van der Waals surface area contributed by atoms with E-state index in [-0.39, 0.29) is 11.5 Å². The largest absolute Gasteiger partial charge is 0.321 e. The number of nitrogens with one attached hydrogen (secondary N) is 1. The molecule has 0 atom stereocenters. The number of halogens is 2. The van der Waals surface area contributed by atoms with E-state index < -0.39 is 0 Å². The molecule has 1 aliphatic rings. The normalized spacial score (nSPS) is 14.2.